The number of esters is 2. The normalized spacial score (nSPS) is 14.2. The van der Waals surface area contributed by atoms with Crippen molar-refractivity contribution < 1.29 is 19.1 Å². The van der Waals surface area contributed by atoms with Crippen LogP contribution in [0.2, 0.25) is 0 Å². The van der Waals surface area contributed by atoms with E-state index in [0.717, 1.165) is 36.0 Å². The summed E-state index contributed by atoms with van der Waals surface area (Å²) in [5, 5.41) is 10.1. The molecule has 1 aromatic rings. The maximum absolute atomic E-state index is 12.0. The third-order valence-corrected chi connectivity index (χ3v) is 4.74. The Labute approximate surface area is 157 Å². The number of nitriles is 1. The van der Waals surface area contributed by atoms with Crippen LogP contribution in [-0.2, 0) is 19.1 Å². The van der Waals surface area contributed by atoms with Crippen LogP contribution in [0.3, 0.4) is 0 Å². The second-order valence-electron chi connectivity index (χ2n) is 5.42. The number of hydrogen-bond donors (Lipinski definition) is 0. The molecule has 0 atom stereocenters. The number of thioether (sulfide) groups is 1. The highest BCUT2D eigenvalue weighted by molar-refractivity contribution is 8.03. The molecule has 0 amide bonds. The molecule has 1 heterocycles. The van der Waals surface area contributed by atoms with E-state index in [4.69, 9.17) is 9.47 Å². The highest BCUT2D eigenvalue weighted by Gasteiger charge is 2.29. The number of anilines is 1. The summed E-state index contributed by atoms with van der Waals surface area (Å²) < 4.78 is 10.00. The number of allylic oxidation sites excluding steroid dienone is 1. The van der Waals surface area contributed by atoms with Crippen molar-refractivity contribution in [2.24, 2.45) is 0 Å². The smallest absolute Gasteiger partial charge is 0.330 e. The maximum atomic E-state index is 12.0. The van der Waals surface area contributed by atoms with E-state index < -0.39 is 11.9 Å². The van der Waals surface area contributed by atoms with Crippen LogP contribution in [0.1, 0.15) is 26.2 Å². The monoisotopic (exact) mass is 372 g/mol. The lowest BCUT2D eigenvalue weighted by atomic mass is 10.2. The zero-order valence-corrected chi connectivity index (χ0v) is 15.4. The summed E-state index contributed by atoms with van der Waals surface area (Å²) in [4.78, 5) is 26.0. The average molecular weight is 372 g/mol. The minimum atomic E-state index is -0.627. The fraction of sp³-hybridized carbons (Fsp3) is 0.316. The van der Waals surface area contributed by atoms with Gasteiger partial charge < -0.3 is 14.4 Å². The largest absolute Gasteiger partial charge is 0.462 e. The lowest BCUT2D eigenvalue weighted by Crippen LogP contribution is -2.21. The van der Waals surface area contributed by atoms with Crippen LogP contribution < -0.4 is 4.90 Å². The van der Waals surface area contributed by atoms with Gasteiger partial charge in [0.15, 0.2) is 0 Å². The van der Waals surface area contributed by atoms with Crippen molar-refractivity contribution in [3.63, 3.8) is 0 Å². The summed E-state index contributed by atoms with van der Waals surface area (Å²) in [5.41, 5.74) is 1.00. The molecular weight excluding hydrogens is 352 g/mol. The summed E-state index contributed by atoms with van der Waals surface area (Å²) in [6, 6.07) is 9.80. The van der Waals surface area contributed by atoms with E-state index in [-0.39, 0.29) is 18.8 Å². The zero-order chi connectivity index (χ0) is 18.9. The summed E-state index contributed by atoms with van der Waals surface area (Å²) in [7, 11) is 0. The van der Waals surface area contributed by atoms with Gasteiger partial charge in [0, 0.05) is 17.5 Å². The first-order valence-electron chi connectivity index (χ1n) is 8.29. The van der Waals surface area contributed by atoms with Crippen molar-refractivity contribution in [1.29, 1.82) is 5.26 Å². The van der Waals surface area contributed by atoms with Gasteiger partial charge >= 0.3 is 11.9 Å². The Hall–Kier alpha value is -2.72. The summed E-state index contributed by atoms with van der Waals surface area (Å²) in [6.07, 6.45) is 2.84. The molecule has 0 fully saturated rings. The topological polar surface area (TPSA) is 79.6 Å². The molecule has 136 valence electrons. The molecule has 0 spiro atoms. The van der Waals surface area contributed by atoms with Crippen LogP contribution in [0.15, 0.2) is 52.6 Å². The van der Waals surface area contributed by atoms with Crippen molar-refractivity contribution in [1.82, 2.24) is 0 Å². The molecule has 6 nitrogen and oxygen atoms in total. The molecule has 1 aliphatic rings. The first kappa shape index (κ1) is 19.6. The zero-order valence-electron chi connectivity index (χ0n) is 14.6. The van der Waals surface area contributed by atoms with Crippen molar-refractivity contribution in [3.05, 3.63) is 47.7 Å². The highest BCUT2D eigenvalue weighted by atomic mass is 32.2. The summed E-state index contributed by atoms with van der Waals surface area (Å²) in [5.74, 6) is -1.27. The van der Waals surface area contributed by atoms with Crippen molar-refractivity contribution in [2.45, 2.75) is 31.1 Å². The number of unbranched alkanes of at least 4 members (excludes halogenated alkanes) is 1. The number of carbonyl (C=O) groups is 2. The number of benzene rings is 1. The molecule has 0 aliphatic carbocycles. The van der Waals surface area contributed by atoms with Crippen molar-refractivity contribution in [3.8, 4) is 6.07 Å². The second kappa shape index (κ2) is 9.68. The molecule has 0 unspecified atom stereocenters. The standard InChI is InChI=1S/C19H20N2O4S/c1-3-5-11-21-14-8-6-7-9-16(14)26-19(21)15(13-20)25-18(23)10-12-24-17(22)4-2/h4,6-9H,2-3,5,10-12H2,1H3/b19-15-. The SMILES string of the molecule is C=CC(=O)OCCC(=O)O/C(C#N)=C1\Sc2ccccc2N1CCCC. The molecule has 0 saturated heterocycles. The van der Waals surface area contributed by atoms with Crippen molar-refractivity contribution in [2.75, 3.05) is 18.1 Å². The van der Waals surface area contributed by atoms with Gasteiger partial charge in [-0.05, 0) is 18.6 Å². The molecule has 7 heteroatoms. The predicted octanol–water partition coefficient (Wildman–Crippen LogP) is 3.75. The van der Waals surface area contributed by atoms with Gasteiger partial charge in [-0.3, -0.25) is 4.79 Å². The first-order chi connectivity index (χ1) is 12.6. The van der Waals surface area contributed by atoms with Crippen LogP contribution >= 0.6 is 11.8 Å². The van der Waals surface area contributed by atoms with E-state index >= 15 is 0 Å². The highest BCUT2D eigenvalue weighted by Crippen LogP contribution is 2.47. The Bertz CT molecular complexity index is 767. The molecule has 26 heavy (non-hydrogen) atoms. The van der Waals surface area contributed by atoms with Crippen LogP contribution in [-0.4, -0.2) is 25.1 Å². The number of ether oxygens (including phenoxy) is 2. The third-order valence-electron chi connectivity index (χ3n) is 3.57. The lowest BCUT2D eigenvalue weighted by molar-refractivity contribution is -0.143. The Morgan fingerprint density at radius 3 is 2.85 bits per heavy atom. The predicted molar refractivity (Wildman–Crippen MR) is 99.1 cm³/mol. The van der Waals surface area contributed by atoms with Crippen LogP contribution in [0, 0.1) is 11.3 Å². The molecule has 0 saturated carbocycles. The molecule has 0 bridgehead atoms. The number of carbonyl (C=O) groups excluding carboxylic acids is 2. The molecule has 0 aromatic heterocycles. The van der Waals surface area contributed by atoms with Gasteiger partial charge in [0.2, 0.25) is 5.76 Å². The molecule has 1 aromatic carbocycles. The number of nitrogens with zero attached hydrogens (tertiary/aromatic N) is 2. The van der Waals surface area contributed by atoms with Crippen molar-refractivity contribution >= 4 is 29.4 Å². The second-order valence-corrected chi connectivity index (χ2v) is 6.45. The van der Waals surface area contributed by atoms with Gasteiger partial charge in [0.25, 0.3) is 0 Å². The van der Waals surface area contributed by atoms with Crippen LogP contribution in [0.4, 0.5) is 5.69 Å². The summed E-state index contributed by atoms with van der Waals surface area (Å²) in [6.45, 7) is 5.98. The van der Waals surface area contributed by atoms with Gasteiger partial charge in [-0.15, -0.1) is 0 Å². The number of hydrogen-bond acceptors (Lipinski definition) is 7. The van der Waals surface area contributed by atoms with E-state index in [1.807, 2.05) is 35.2 Å². The molecular formula is C19H20N2O4S. The van der Waals surface area contributed by atoms with Crippen LogP contribution in [0.5, 0.6) is 0 Å². The summed E-state index contributed by atoms with van der Waals surface area (Å²) >= 11 is 1.41. The fourth-order valence-electron chi connectivity index (χ4n) is 2.32. The molecule has 0 radical (unpaired) electrons. The molecule has 0 N–H and O–H groups in total. The number of rotatable bonds is 8. The quantitative estimate of drug-likeness (QED) is 0.297. The van der Waals surface area contributed by atoms with E-state index in [1.54, 1.807) is 0 Å². The fourth-order valence-corrected chi connectivity index (χ4v) is 3.43. The van der Waals surface area contributed by atoms with E-state index in [0.29, 0.717) is 5.03 Å². The Morgan fingerprint density at radius 2 is 2.15 bits per heavy atom. The first-order valence-corrected chi connectivity index (χ1v) is 9.11. The maximum Gasteiger partial charge on any atom is 0.330 e. The van der Waals surface area contributed by atoms with Gasteiger partial charge in [-0.1, -0.05) is 43.8 Å². The molecule has 2 rings (SSSR count). The number of fused-ring (bicyclic) bond motifs is 1. The average Bonchev–Trinajstić information content (AvgIpc) is 3.02. The Morgan fingerprint density at radius 1 is 1.38 bits per heavy atom. The van der Waals surface area contributed by atoms with Gasteiger partial charge in [-0.2, -0.15) is 5.26 Å². The number of para-hydroxylation sites is 1. The minimum absolute atomic E-state index is 0.0395. The van der Waals surface area contributed by atoms with E-state index in [1.165, 1.54) is 11.8 Å². The lowest BCUT2D eigenvalue weighted by Gasteiger charge is -2.20. The van der Waals surface area contributed by atoms with E-state index in [9.17, 15) is 14.9 Å². The van der Waals surface area contributed by atoms with Gasteiger partial charge in [-0.25, -0.2) is 4.79 Å². The Kier molecular flexibility index (Phi) is 7.30. The van der Waals surface area contributed by atoms with E-state index in [2.05, 4.69) is 13.5 Å². The third kappa shape index (κ3) is 4.90. The minimum Gasteiger partial charge on any atom is -0.462 e. The molecule has 1 aliphatic heterocycles. The Balaban J connectivity index is 2.13. The van der Waals surface area contributed by atoms with Gasteiger partial charge in [0.1, 0.15) is 17.7 Å². The van der Waals surface area contributed by atoms with Crippen LogP contribution in [0.25, 0.3) is 0 Å². The van der Waals surface area contributed by atoms with Gasteiger partial charge in [0.05, 0.1) is 12.1 Å².